The van der Waals surface area contributed by atoms with E-state index in [9.17, 15) is 26.3 Å². The topological polar surface area (TPSA) is 140 Å². The Kier molecular flexibility index (Phi) is 16.0. The number of benzene rings is 2. The van der Waals surface area contributed by atoms with Crippen LogP contribution in [0.1, 0.15) is 86.7 Å². The minimum Gasteiger partial charge on any atom is -1.00 e. The first-order valence-corrected chi connectivity index (χ1v) is 19.8. The molecule has 0 bridgehead atoms. The second-order valence-corrected chi connectivity index (χ2v) is 14.8. The fourth-order valence-electron chi connectivity index (χ4n) is 7.25. The van der Waals surface area contributed by atoms with E-state index in [0.29, 0.717) is 46.3 Å². The molecule has 2 fully saturated rings. The molecule has 332 valence electrons. The zero-order valence-corrected chi connectivity index (χ0v) is 35.3. The van der Waals surface area contributed by atoms with Crippen LogP contribution in [0.4, 0.5) is 26.3 Å². The van der Waals surface area contributed by atoms with Crippen molar-refractivity contribution in [2.45, 2.75) is 88.6 Å². The third kappa shape index (κ3) is 11.8. The lowest BCUT2D eigenvalue weighted by Gasteiger charge is -2.16. The molecule has 4 aromatic heterocycles. The first-order chi connectivity index (χ1) is 28.9. The summed E-state index contributed by atoms with van der Waals surface area (Å²) in [5, 5.41) is 14.1. The van der Waals surface area contributed by atoms with Crippen molar-refractivity contribution in [2.75, 3.05) is 14.2 Å². The summed E-state index contributed by atoms with van der Waals surface area (Å²) < 4.78 is 90.5. The summed E-state index contributed by atoms with van der Waals surface area (Å²) in [5.74, 6) is 1.32. The van der Waals surface area contributed by atoms with E-state index in [4.69, 9.17) is 9.47 Å². The van der Waals surface area contributed by atoms with Gasteiger partial charge in [0.15, 0.2) is 23.8 Å². The number of aromatic amines is 4. The monoisotopic (exact) mass is 906 g/mol. The van der Waals surface area contributed by atoms with Crippen LogP contribution < -0.4 is 43.7 Å². The SMILES string of the molecule is COc1cc(-c2c[n+](-c3ccc(C(F)(F)F)cc3)[nH]n2)[nH]c1C=NC1CCCCC1.COc1cc(-c2c[n+](-c3ccc(C(F)(F)F)cc3)[nH]n2)[nH]c1C=NC1CCCCC1.[Cl-].[Cl-]. The molecule has 2 saturated carbocycles. The number of H-pyrrole nitrogens is 4. The van der Waals surface area contributed by atoms with Crippen LogP contribution in [0, 0.1) is 0 Å². The van der Waals surface area contributed by atoms with Gasteiger partial charge in [-0.15, -0.1) is 9.36 Å². The Balaban J connectivity index is 0.000000227. The van der Waals surface area contributed by atoms with Gasteiger partial charge < -0.3 is 44.3 Å². The van der Waals surface area contributed by atoms with Gasteiger partial charge in [0.2, 0.25) is 0 Å². The van der Waals surface area contributed by atoms with E-state index in [0.717, 1.165) is 72.7 Å². The normalized spacial score (nSPS) is 15.2. The van der Waals surface area contributed by atoms with Crippen LogP contribution in [0.2, 0.25) is 0 Å². The number of halogens is 8. The molecule has 0 saturated heterocycles. The number of nitrogens with zero attached hydrogens (tertiary/aromatic N) is 6. The van der Waals surface area contributed by atoms with Crippen molar-refractivity contribution in [3.63, 3.8) is 0 Å². The van der Waals surface area contributed by atoms with Gasteiger partial charge in [0.1, 0.15) is 22.9 Å². The van der Waals surface area contributed by atoms with Gasteiger partial charge >= 0.3 is 12.4 Å². The van der Waals surface area contributed by atoms with E-state index in [1.807, 2.05) is 24.6 Å². The van der Waals surface area contributed by atoms with Crippen molar-refractivity contribution in [3.05, 3.63) is 95.6 Å². The third-order valence-corrected chi connectivity index (χ3v) is 10.6. The second kappa shape index (κ2) is 21.0. The van der Waals surface area contributed by atoms with Gasteiger partial charge in [-0.2, -0.15) is 26.3 Å². The van der Waals surface area contributed by atoms with E-state index >= 15 is 0 Å². The Morgan fingerprint density at radius 2 is 0.935 bits per heavy atom. The molecule has 62 heavy (non-hydrogen) atoms. The summed E-state index contributed by atoms with van der Waals surface area (Å²) in [6, 6.07) is 14.1. The summed E-state index contributed by atoms with van der Waals surface area (Å²) in [4.78, 5) is 15.9. The lowest BCUT2D eigenvalue weighted by molar-refractivity contribution is -0.659. The predicted octanol–water partition coefficient (Wildman–Crippen LogP) is 2.93. The van der Waals surface area contributed by atoms with Crippen molar-refractivity contribution in [3.8, 4) is 45.6 Å². The van der Waals surface area contributed by atoms with Crippen LogP contribution in [0.3, 0.4) is 0 Å². The fourth-order valence-corrected chi connectivity index (χ4v) is 7.25. The number of hydrogen-bond acceptors (Lipinski definition) is 6. The van der Waals surface area contributed by atoms with Gasteiger partial charge in [-0.05, 0) is 74.2 Å². The van der Waals surface area contributed by atoms with Crippen molar-refractivity contribution < 1.29 is 70.0 Å². The Hall–Kier alpha value is -5.62. The molecule has 20 heteroatoms. The fraction of sp³-hybridized carbons (Fsp3) is 0.381. The molecule has 6 aromatic rings. The van der Waals surface area contributed by atoms with Crippen LogP contribution in [-0.4, -0.2) is 69.3 Å². The van der Waals surface area contributed by atoms with Crippen LogP contribution in [0.25, 0.3) is 34.2 Å². The molecule has 0 atom stereocenters. The van der Waals surface area contributed by atoms with Gasteiger partial charge in [0, 0.05) is 34.8 Å². The molecule has 0 aliphatic heterocycles. The molecule has 0 radical (unpaired) electrons. The Morgan fingerprint density at radius 3 is 1.26 bits per heavy atom. The molecule has 0 unspecified atom stereocenters. The summed E-state index contributed by atoms with van der Waals surface area (Å²) in [6.07, 6.45) is 10.2. The molecule has 8 rings (SSSR count). The van der Waals surface area contributed by atoms with Gasteiger partial charge in [-0.1, -0.05) is 49.0 Å². The highest BCUT2D eigenvalue weighted by molar-refractivity contribution is 5.84. The van der Waals surface area contributed by atoms with Crippen molar-refractivity contribution >= 4 is 12.4 Å². The molecular formula is C42H46Cl2F6N10O2. The zero-order valence-electron chi connectivity index (χ0n) is 33.8. The Morgan fingerprint density at radius 1 is 0.581 bits per heavy atom. The molecule has 0 spiro atoms. The number of alkyl halides is 6. The summed E-state index contributed by atoms with van der Waals surface area (Å²) in [7, 11) is 3.19. The summed E-state index contributed by atoms with van der Waals surface area (Å²) >= 11 is 0. The molecule has 2 aromatic carbocycles. The maximum absolute atomic E-state index is 12.7. The average Bonchev–Trinajstić information content (AvgIpc) is 4.09. The lowest BCUT2D eigenvalue weighted by Crippen LogP contribution is -3.00. The highest BCUT2D eigenvalue weighted by atomic mass is 35.5. The first kappa shape index (κ1) is 47.4. The lowest BCUT2D eigenvalue weighted by atomic mass is 9.96. The average molecular weight is 908 g/mol. The maximum atomic E-state index is 12.7. The largest absolute Gasteiger partial charge is 1.00 e. The standard InChI is InChI=1S/2C21H22F3N5O.2ClH/c2*1-30-20-11-17(26-18(20)12-25-15-5-3-2-4-6-15)19-13-29(28-27-19)16-9-7-14(8-10-16)21(22,23)24;;/h2*7-13,15H,2-6H2,1H3,(H,25,26);2*1H. The van der Waals surface area contributed by atoms with Gasteiger partial charge in [-0.3, -0.25) is 9.98 Å². The number of hydrogen-bond donors (Lipinski definition) is 4. The maximum Gasteiger partial charge on any atom is 0.416 e. The van der Waals surface area contributed by atoms with Crippen molar-refractivity contribution in [1.82, 2.24) is 30.6 Å². The van der Waals surface area contributed by atoms with Crippen LogP contribution in [-0.2, 0) is 12.4 Å². The molecule has 4 heterocycles. The number of rotatable bonds is 10. The summed E-state index contributed by atoms with van der Waals surface area (Å²) in [5.41, 5.74) is 3.88. The van der Waals surface area contributed by atoms with E-state index in [2.05, 4.69) is 40.6 Å². The van der Waals surface area contributed by atoms with Crippen LogP contribution in [0.15, 0.2) is 83.0 Å². The molecule has 0 amide bonds. The van der Waals surface area contributed by atoms with Gasteiger partial charge in [0.25, 0.3) is 11.4 Å². The van der Waals surface area contributed by atoms with Gasteiger partial charge in [-0.25, -0.2) is 0 Å². The zero-order chi connectivity index (χ0) is 42.3. The van der Waals surface area contributed by atoms with E-state index < -0.39 is 23.5 Å². The van der Waals surface area contributed by atoms with Crippen molar-refractivity contribution in [2.24, 2.45) is 9.98 Å². The molecular weight excluding hydrogens is 861 g/mol. The Bertz CT molecular complexity index is 2210. The summed E-state index contributed by atoms with van der Waals surface area (Å²) in [6.45, 7) is 0. The van der Waals surface area contributed by atoms with Crippen LogP contribution in [0.5, 0.6) is 11.5 Å². The minimum absolute atomic E-state index is 0. The number of nitrogens with one attached hydrogen (secondary N) is 4. The molecule has 4 N–H and O–H groups in total. The van der Waals surface area contributed by atoms with E-state index in [1.165, 1.54) is 62.8 Å². The highest BCUT2D eigenvalue weighted by Gasteiger charge is 2.31. The highest BCUT2D eigenvalue weighted by Crippen LogP contribution is 2.31. The van der Waals surface area contributed by atoms with E-state index in [-0.39, 0.29) is 24.8 Å². The number of ether oxygens (including phenoxy) is 2. The Labute approximate surface area is 366 Å². The quantitative estimate of drug-likeness (QED) is 0.0955. The number of methoxy groups -OCH3 is 2. The van der Waals surface area contributed by atoms with E-state index in [1.54, 1.807) is 36.0 Å². The smallest absolute Gasteiger partial charge is 0.416 e. The first-order valence-electron chi connectivity index (χ1n) is 19.8. The predicted molar refractivity (Wildman–Crippen MR) is 212 cm³/mol. The minimum atomic E-state index is -4.36. The van der Waals surface area contributed by atoms with Gasteiger partial charge in [0.05, 0.1) is 48.8 Å². The molecule has 12 nitrogen and oxygen atoms in total. The number of aromatic nitrogens is 8. The third-order valence-electron chi connectivity index (χ3n) is 10.6. The molecule has 2 aliphatic carbocycles. The second-order valence-electron chi connectivity index (χ2n) is 14.8. The van der Waals surface area contributed by atoms with Crippen molar-refractivity contribution in [1.29, 1.82) is 0 Å². The number of aliphatic imine (C=N–C) groups is 2. The van der Waals surface area contributed by atoms with Crippen LogP contribution >= 0.6 is 0 Å². The molecule has 2 aliphatic rings.